The lowest BCUT2D eigenvalue weighted by Gasteiger charge is -2.40. The number of halogens is 3. The normalized spacial score (nSPS) is 34.8. The molecule has 6 nitrogen and oxygen atoms in total. The highest BCUT2D eigenvalue weighted by atomic mass is 32.2. The summed E-state index contributed by atoms with van der Waals surface area (Å²) in [6, 6.07) is 3.17. The molecule has 1 aliphatic heterocycles. The predicted molar refractivity (Wildman–Crippen MR) is 90.4 cm³/mol. The lowest BCUT2D eigenvalue weighted by Crippen LogP contribution is -2.54. The van der Waals surface area contributed by atoms with E-state index in [4.69, 9.17) is 4.74 Å². The van der Waals surface area contributed by atoms with Crippen LogP contribution < -0.4 is 4.72 Å². The topological polar surface area (TPSA) is 92.7 Å². The molecule has 10 heteroatoms. The molecule has 1 aromatic rings. The molecule has 3 aliphatic rings. The van der Waals surface area contributed by atoms with Crippen LogP contribution in [0, 0.1) is 5.92 Å². The molecular weight excluding hydrogens is 399 g/mol. The van der Waals surface area contributed by atoms with Gasteiger partial charge in [-0.2, -0.15) is 13.2 Å². The summed E-state index contributed by atoms with van der Waals surface area (Å²) >= 11 is 0. The fourth-order valence-corrected chi connectivity index (χ4v) is 5.90. The number of carbonyl (C=O) groups excluding carboxylic acids is 1. The molecule has 152 valence electrons. The number of carbonyl (C=O) groups is 1. The Labute approximate surface area is 159 Å². The number of aliphatic hydroxyl groups is 1. The van der Waals surface area contributed by atoms with E-state index in [0.29, 0.717) is 25.0 Å². The first-order chi connectivity index (χ1) is 12.9. The minimum atomic E-state index is -4.57. The maximum Gasteiger partial charge on any atom is 0.416 e. The maximum atomic E-state index is 12.7. The van der Waals surface area contributed by atoms with Crippen molar-refractivity contribution in [2.75, 3.05) is 0 Å². The summed E-state index contributed by atoms with van der Waals surface area (Å²) in [6.07, 6.45) is -2.51. The Hall–Kier alpha value is -1.91. The number of rotatable bonds is 3. The number of esters is 1. The maximum absolute atomic E-state index is 12.7. The molecule has 2 N–H and O–H groups in total. The molecule has 0 spiro atoms. The van der Waals surface area contributed by atoms with E-state index in [1.54, 1.807) is 6.92 Å². The fraction of sp³-hybridized carbons (Fsp3) is 0.500. The molecule has 0 aromatic heterocycles. The van der Waals surface area contributed by atoms with E-state index >= 15 is 0 Å². The van der Waals surface area contributed by atoms with Crippen LogP contribution in [-0.2, 0) is 25.7 Å². The summed E-state index contributed by atoms with van der Waals surface area (Å²) in [4.78, 5) is 11.8. The molecule has 1 saturated carbocycles. The lowest BCUT2D eigenvalue weighted by molar-refractivity contribution is -0.140. The van der Waals surface area contributed by atoms with E-state index in [1.807, 2.05) is 0 Å². The van der Waals surface area contributed by atoms with Gasteiger partial charge in [0.05, 0.1) is 16.0 Å². The van der Waals surface area contributed by atoms with Gasteiger partial charge in [-0.3, -0.25) is 0 Å². The third kappa shape index (κ3) is 2.85. The van der Waals surface area contributed by atoms with Crippen molar-refractivity contribution in [3.63, 3.8) is 0 Å². The Morgan fingerprint density at radius 1 is 1.21 bits per heavy atom. The number of nitrogens with one attached hydrogen (secondary N) is 1. The van der Waals surface area contributed by atoms with Crippen LogP contribution >= 0.6 is 0 Å². The molecule has 0 unspecified atom stereocenters. The average molecular weight is 417 g/mol. The molecular formula is C18H18F3NO5S. The van der Waals surface area contributed by atoms with Gasteiger partial charge < -0.3 is 9.84 Å². The first-order valence-electron chi connectivity index (χ1n) is 8.73. The Bertz CT molecular complexity index is 972. The SMILES string of the molecule is C[C@]1(NS(=O)(=O)c2ccc(C(F)(F)F)cc2)C=C2C(=O)O[C@@H]3CC[C@H](C1)[C@]23O. The fourth-order valence-electron chi connectivity index (χ4n) is 4.54. The van der Waals surface area contributed by atoms with Crippen LogP contribution in [0.15, 0.2) is 40.8 Å². The number of alkyl halides is 3. The van der Waals surface area contributed by atoms with Gasteiger partial charge >= 0.3 is 12.1 Å². The van der Waals surface area contributed by atoms with Gasteiger partial charge in [0.1, 0.15) is 11.7 Å². The highest BCUT2D eigenvalue weighted by molar-refractivity contribution is 7.89. The first-order valence-corrected chi connectivity index (χ1v) is 10.2. The van der Waals surface area contributed by atoms with Gasteiger partial charge in [-0.05, 0) is 56.4 Å². The van der Waals surface area contributed by atoms with Gasteiger partial charge in [0, 0.05) is 5.54 Å². The summed E-state index contributed by atoms with van der Waals surface area (Å²) in [7, 11) is -4.16. The van der Waals surface area contributed by atoms with Crippen LogP contribution in [0.2, 0.25) is 0 Å². The van der Waals surface area contributed by atoms with E-state index in [2.05, 4.69) is 4.72 Å². The van der Waals surface area contributed by atoms with Crippen LogP contribution in [0.3, 0.4) is 0 Å². The molecule has 1 saturated heterocycles. The highest BCUT2D eigenvalue weighted by Crippen LogP contribution is 2.54. The van der Waals surface area contributed by atoms with E-state index < -0.39 is 45.0 Å². The summed E-state index contributed by atoms with van der Waals surface area (Å²) in [5.41, 5.74) is -3.50. The van der Waals surface area contributed by atoms with Crippen LogP contribution in [0.25, 0.3) is 0 Å². The van der Waals surface area contributed by atoms with Crippen molar-refractivity contribution in [3.05, 3.63) is 41.5 Å². The van der Waals surface area contributed by atoms with Crippen molar-refractivity contribution in [1.29, 1.82) is 0 Å². The van der Waals surface area contributed by atoms with Crippen LogP contribution in [-0.4, -0.2) is 36.7 Å². The monoisotopic (exact) mass is 417 g/mol. The average Bonchev–Trinajstić information content (AvgIpc) is 3.01. The number of sulfonamides is 1. The number of hydrogen-bond acceptors (Lipinski definition) is 5. The zero-order valence-electron chi connectivity index (χ0n) is 14.8. The van der Waals surface area contributed by atoms with E-state index in [1.165, 1.54) is 6.08 Å². The van der Waals surface area contributed by atoms with E-state index in [-0.39, 0.29) is 22.8 Å². The number of ether oxygens (including phenoxy) is 1. The third-order valence-electron chi connectivity index (χ3n) is 5.78. The Morgan fingerprint density at radius 2 is 1.86 bits per heavy atom. The third-order valence-corrected chi connectivity index (χ3v) is 7.41. The van der Waals surface area contributed by atoms with Crippen molar-refractivity contribution in [1.82, 2.24) is 4.72 Å². The molecule has 0 bridgehead atoms. The van der Waals surface area contributed by atoms with Gasteiger partial charge in [0.15, 0.2) is 0 Å². The Morgan fingerprint density at radius 3 is 2.46 bits per heavy atom. The highest BCUT2D eigenvalue weighted by Gasteiger charge is 2.64. The van der Waals surface area contributed by atoms with Crippen molar-refractivity contribution >= 4 is 16.0 Å². The number of hydrogen-bond donors (Lipinski definition) is 2. The van der Waals surface area contributed by atoms with Gasteiger partial charge in [0.2, 0.25) is 10.0 Å². The molecule has 4 rings (SSSR count). The quantitative estimate of drug-likeness (QED) is 0.736. The number of benzene rings is 1. The van der Waals surface area contributed by atoms with Crippen molar-refractivity contribution in [2.24, 2.45) is 5.92 Å². The Kier molecular flexibility index (Phi) is 4.02. The molecule has 0 amide bonds. The summed E-state index contributed by atoms with van der Waals surface area (Å²) in [5.74, 6) is -1.03. The minimum Gasteiger partial charge on any atom is -0.455 e. The molecule has 2 aliphatic carbocycles. The molecule has 28 heavy (non-hydrogen) atoms. The van der Waals surface area contributed by atoms with Crippen molar-refractivity contribution in [2.45, 2.75) is 54.5 Å². The van der Waals surface area contributed by atoms with Gasteiger partial charge in [-0.1, -0.05) is 6.08 Å². The standard InChI is InChI=1S/C18H18F3NO5S/c1-16(8-11-4-7-14-17(11,24)13(9-16)15(23)27-14)22-28(25,26)12-5-2-10(3-6-12)18(19,20)21/h2-3,5-6,9,11,14,22,24H,4,7-8H2,1H3/t11-,14-,16-,17+/m1/s1. The largest absolute Gasteiger partial charge is 0.455 e. The molecule has 1 aromatic carbocycles. The van der Waals surface area contributed by atoms with Gasteiger partial charge in [-0.15, -0.1) is 0 Å². The van der Waals surface area contributed by atoms with Crippen LogP contribution in [0.5, 0.6) is 0 Å². The summed E-state index contributed by atoms with van der Waals surface area (Å²) in [6.45, 7) is 1.57. The van der Waals surface area contributed by atoms with E-state index in [9.17, 15) is 31.5 Å². The zero-order valence-corrected chi connectivity index (χ0v) is 15.6. The smallest absolute Gasteiger partial charge is 0.416 e. The van der Waals surface area contributed by atoms with Gasteiger partial charge in [0.25, 0.3) is 0 Å². The van der Waals surface area contributed by atoms with Crippen LogP contribution in [0.1, 0.15) is 31.7 Å². The summed E-state index contributed by atoms with van der Waals surface area (Å²) in [5, 5.41) is 10.9. The second-order valence-corrected chi connectivity index (χ2v) is 9.48. The zero-order chi connectivity index (χ0) is 20.5. The van der Waals surface area contributed by atoms with Crippen molar-refractivity contribution in [3.8, 4) is 0 Å². The minimum absolute atomic E-state index is 0.0452. The molecule has 0 radical (unpaired) electrons. The lowest BCUT2D eigenvalue weighted by atomic mass is 9.71. The van der Waals surface area contributed by atoms with Crippen molar-refractivity contribution < 1.29 is 36.2 Å². The summed E-state index contributed by atoms with van der Waals surface area (Å²) < 4.78 is 71.2. The van der Waals surface area contributed by atoms with Gasteiger partial charge in [-0.25, -0.2) is 17.9 Å². The predicted octanol–water partition coefficient (Wildman–Crippen LogP) is 2.14. The van der Waals surface area contributed by atoms with Crippen LogP contribution in [0.4, 0.5) is 13.2 Å². The second kappa shape index (κ2) is 5.80. The Balaban J connectivity index is 1.65. The molecule has 4 atom stereocenters. The first kappa shape index (κ1) is 19.4. The molecule has 1 heterocycles. The second-order valence-electron chi connectivity index (χ2n) is 7.80. The molecule has 2 fully saturated rings. The van der Waals surface area contributed by atoms with E-state index in [0.717, 1.165) is 12.1 Å².